The largest absolute Gasteiger partial charge is 0.462 e. The van der Waals surface area contributed by atoms with Crippen molar-refractivity contribution in [2.75, 3.05) is 13.2 Å². The van der Waals surface area contributed by atoms with Crippen LogP contribution in [-0.4, -0.2) is 37.2 Å². The molecule has 0 radical (unpaired) electrons. The van der Waals surface area contributed by atoms with Gasteiger partial charge in [-0.25, -0.2) is 0 Å². The Morgan fingerprint density at radius 2 is 0.537 bits per heavy atom. The molecule has 0 rings (SSSR count). The molecule has 6 nitrogen and oxygen atoms in total. The highest BCUT2D eigenvalue weighted by molar-refractivity contribution is 5.71. The van der Waals surface area contributed by atoms with Gasteiger partial charge in [-0.15, -0.1) is 0 Å². The van der Waals surface area contributed by atoms with E-state index in [-0.39, 0.29) is 31.1 Å². The van der Waals surface area contributed by atoms with Gasteiger partial charge < -0.3 is 14.2 Å². The van der Waals surface area contributed by atoms with E-state index in [1.165, 1.54) is 154 Å². The molecule has 388 valence electrons. The molecule has 0 aliphatic carbocycles. The summed E-state index contributed by atoms with van der Waals surface area (Å²) in [5, 5.41) is 0. The third-order valence-electron chi connectivity index (χ3n) is 12.5. The van der Waals surface area contributed by atoms with Gasteiger partial charge in [0.15, 0.2) is 6.10 Å². The van der Waals surface area contributed by atoms with Crippen molar-refractivity contribution in [2.24, 2.45) is 0 Å². The van der Waals surface area contributed by atoms with Gasteiger partial charge in [-0.05, 0) is 109 Å². The summed E-state index contributed by atoms with van der Waals surface area (Å²) in [6.45, 7) is 6.60. The average molecular weight is 938 g/mol. The highest BCUT2D eigenvalue weighted by Gasteiger charge is 2.19. The lowest BCUT2D eigenvalue weighted by Gasteiger charge is -2.18. The van der Waals surface area contributed by atoms with E-state index < -0.39 is 6.10 Å². The van der Waals surface area contributed by atoms with Crippen molar-refractivity contribution in [3.05, 3.63) is 60.8 Å². The van der Waals surface area contributed by atoms with Gasteiger partial charge in [0.25, 0.3) is 0 Å². The van der Waals surface area contributed by atoms with Gasteiger partial charge in [0.1, 0.15) is 13.2 Å². The standard InChI is InChI=1S/C61H108O6/c1-4-7-10-13-16-19-22-25-28-29-30-31-32-33-34-37-39-42-45-48-51-54-60(63)66-57-58(67-61(64)55-52-49-46-43-40-36-27-24-21-18-15-12-9-6-3)56-65-59(62)53-50-47-44-41-38-35-26-23-20-17-14-11-8-5-2/h22-27,29-30,32-33,58H,4-21,28,31,34-57H2,1-3H3/b25-22-,26-23-,27-24-,30-29-,33-32-. The molecule has 0 aliphatic rings. The lowest BCUT2D eigenvalue weighted by molar-refractivity contribution is -0.167. The molecule has 0 aromatic carbocycles. The molecule has 0 spiro atoms. The van der Waals surface area contributed by atoms with E-state index >= 15 is 0 Å². The Morgan fingerprint density at radius 3 is 0.851 bits per heavy atom. The predicted octanol–water partition coefficient (Wildman–Crippen LogP) is 19.2. The number of allylic oxidation sites excluding steroid dienone is 10. The summed E-state index contributed by atoms with van der Waals surface area (Å²) in [5.41, 5.74) is 0. The lowest BCUT2D eigenvalue weighted by atomic mass is 10.1. The maximum atomic E-state index is 12.8. The number of carbonyl (C=O) groups is 3. The Balaban J connectivity index is 4.38. The summed E-state index contributed by atoms with van der Waals surface area (Å²) < 4.78 is 16.8. The van der Waals surface area contributed by atoms with Crippen molar-refractivity contribution in [3.63, 3.8) is 0 Å². The molecule has 1 unspecified atom stereocenters. The first-order chi connectivity index (χ1) is 33.0. The number of hydrogen-bond donors (Lipinski definition) is 0. The zero-order valence-corrected chi connectivity index (χ0v) is 44.4. The van der Waals surface area contributed by atoms with E-state index in [9.17, 15) is 14.4 Å². The summed E-state index contributed by atoms with van der Waals surface area (Å²) >= 11 is 0. The van der Waals surface area contributed by atoms with Crippen molar-refractivity contribution in [1.82, 2.24) is 0 Å². The summed E-state index contributed by atoms with van der Waals surface area (Å²) in [6, 6.07) is 0. The van der Waals surface area contributed by atoms with Crippen LogP contribution in [-0.2, 0) is 28.6 Å². The molecule has 0 heterocycles. The number of ether oxygens (including phenoxy) is 3. The molecule has 0 fully saturated rings. The van der Waals surface area contributed by atoms with Gasteiger partial charge in [0, 0.05) is 19.3 Å². The first-order valence-electron chi connectivity index (χ1n) is 28.8. The quantitative estimate of drug-likeness (QED) is 0.0262. The smallest absolute Gasteiger partial charge is 0.306 e. The number of rotatable bonds is 52. The highest BCUT2D eigenvalue weighted by atomic mass is 16.6. The fourth-order valence-corrected chi connectivity index (χ4v) is 8.09. The van der Waals surface area contributed by atoms with Crippen LogP contribution in [0.4, 0.5) is 0 Å². The second-order valence-corrected chi connectivity index (χ2v) is 19.2. The van der Waals surface area contributed by atoms with Crippen LogP contribution in [0, 0.1) is 0 Å². The van der Waals surface area contributed by atoms with Crippen LogP contribution in [0.3, 0.4) is 0 Å². The van der Waals surface area contributed by atoms with Crippen LogP contribution in [0.5, 0.6) is 0 Å². The van der Waals surface area contributed by atoms with Crippen LogP contribution in [0.25, 0.3) is 0 Å². The monoisotopic (exact) mass is 937 g/mol. The van der Waals surface area contributed by atoms with Crippen LogP contribution in [0.2, 0.25) is 0 Å². The molecule has 0 aromatic heterocycles. The molecule has 0 amide bonds. The van der Waals surface area contributed by atoms with Crippen molar-refractivity contribution < 1.29 is 28.6 Å². The molecular weight excluding hydrogens is 829 g/mol. The Hall–Kier alpha value is -2.89. The Morgan fingerprint density at radius 1 is 0.299 bits per heavy atom. The van der Waals surface area contributed by atoms with Crippen molar-refractivity contribution in [2.45, 2.75) is 297 Å². The predicted molar refractivity (Wildman–Crippen MR) is 288 cm³/mol. The maximum Gasteiger partial charge on any atom is 0.306 e. The lowest BCUT2D eigenvalue weighted by Crippen LogP contribution is -2.30. The molecule has 0 saturated heterocycles. The van der Waals surface area contributed by atoms with Crippen LogP contribution < -0.4 is 0 Å². The number of hydrogen-bond acceptors (Lipinski definition) is 6. The Bertz CT molecular complexity index is 1210. The summed E-state index contributed by atoms with van der Waals surface area (Å²) in [5.74, 6) is -0.906. The minimum atomic E-state index is -0.787. The second-order valence-electron chi connectivity index (χ2n) is 19.2. The minimum absolute atomic E-state index is 0.0854. The van der Waals surface area contributed by atoms with Crippen LogP contribution in [0.15, 0.2) is 60.8 Å². The zero-order chi connectivity index (χ0) is 48.6. The van der Waals surface area contributed by atoms with Crippen molar-refractivity contribution in [1.29, 1.82) is 0 Å². The molecule has 0 saturated carbocycles. The first kappa shape index (κ1) is 64.1. The molecular formula is C61H108O6. The third-order valence-corrected chi connectivity index (χ3v) is 12.5. The molecule has 0 bridgehead atoms. The summed E-state index contributed by atoms with van der Waals surface area (Å²) in [4.78, 5) is 38.1. The topological polar surface area (TPSA) is 78.9 Å². The molecule has 0 aliphatic heterocycles. The normalized spacial score (nSPS) is 12.5. The van der Waals surface area contributed by atoms with Crippen LogP contribution in [0.1, 0.15) is 290 Å². The fourth-order valence-electron chi connectivity index (χ4n) is 8.09. The summed E-state index contributed by atoms with van der Waals surface area (Å²) in [7, 11) is 0. The van der Waals surface area contributed by atoms with E-state index in [0.29, 0.717) is 19.3 Å². The molecule has 67 heavy (non-hydrogen) atoms. The van der Waals surface area contributed by atoms with E-state index in [1.807, 2.05) is 0 Å². The minimum Gasteiger partial charge on any atom is -0.462 e. The second kappa shape index (κ2) is 55.7. The van der Waals surface area contributed by atoms with E-state index in [2.05, 4.69) is 81.5 Å². The number of unbranched alkanes of at least 4 members (excludes halogenated alkanes) is 31. The maximum absolute atomic E-state index is 12.8. The molecule has 0 aromatic rings. The van der Waals surface area contributed by atoms with Crippen molar-refractivity contribution in [3.8, 4) is 0 Å². The molecule has 0 N–H and O–H groups in total. The van der Waals surface area contributed by atoms with Gasteiger partial charge in [0.05, 0.1) is 0 Å². The molecule has 6 heteroatoms. The number of esters is 3. The molecule has 1 atom stereocenters. The van der Waals surface area contributed by atoms with Gasteiger partial charge in [-0.2, -0.15) is 0 Å². The van der Waals surface area contributed by atoms with Gasteiger partial charge in [-0.1, -0.05) is 223 Å². The Labute approximate surface area is 415 Å². The Kier molecular flexibility index (Phi) is 53.3. The van der Waals surface area contributed by atoms with Gasteiger partial charge >= 0.3 is 17.9 Å². The zero-order valence-electron chi connectivity index (χ0n) is 44.4. The fraction of sp³-hybridized carbons (Fsp3) is 0.787. The van der Waals surface area contributed by atoms with Gasteiger partial charge in [-0.3, -0.25) is 14.4 Å². The third kappa shape index (κ3) is 53.9. The van der Waals surface area contributed by atoms with Crippen molar-refractivity contribution >= 4 is 17.9 Å². The average Bonchev–Trinajstić information content (AvgIpc) is 3.33. The van der Waals surface area contributed by atoms with Crippen LogP contribution >= 0.6 is 0 Å². The SMILES string of the molecule is CCCCCCC/C=C\C/C=C\C/C=C\CCCCCCCCC(=O)OCC(COC(=O)CCCCCCC/C=C\CCCCCCC)OC(=O)CCCCCCC/C=C\CCCCCCC. The number of carbonyl (C=O) groups excluding carboxylic acids is 3. The highest BCUT2D eigenvalue weighted by Crippen LogP contribution is 2.14. The first-order valence-corrected chi connectivity index (χ1v) is 28.8. The van der Waals surface area contributed by atoms with E-state index in [0.717, 1.165) is 96.3 Å². The van der Waals surface area contributed by atoms with Gasteiger partial charge in [0.2, 0.25) is 0 Å². The van der Waals surface area contributed by atoms with E-state index in [4.69, 9.17) is 14.2 Å². The van der Waals surface area contributed by atoms with E-state index in [1.54, 1.807) is 0 Å². The summed E-state index contributed by atoms with van der Waals surface area (Å²) in [6.07, 6.45) is 69.2.